The number of ether oxygens (including phenoxy) is 3. The Kier molecular flexibility index (Phi) is 5.83. The number of esters is 1. The average Bonchev–Trinajstić information content (AvgIpc) is 2.69. The van der Waals surface area contributed by atoms with E-state index in [1.54, 1.807) is 31.6 Å². The van der Waals surface area contributed by atoms with Gasteiger partial charge in [-0.25, -0.2) is 4.79 Å². The summed E-state index contributed by atoms with van der Waals surface area (Å²) in [5.41, 5.74) is 0.758. The predicted octanol–water partition coefficient (Wildman–Crippen LogP) is 3.88. The van der Waals surface area contributed by atoms with E-state index in [1.165, 1.54) is 6.08 Å². The Balaban J connectivity index is 1.45. The molecule has 0 aliphatic carbocycles. The largest absolute Gasteiger partial charge is 0.495 e. The van der Waals surface area contributed by atoms with Gasteiger partial charge >= 0.3 is 5.97 Å². The van der Waals surface area contributed by atoms with Crippen molar-refractivity contribution in [3.05, 3.63) is 72.6 Å². The Bertz CT molecular complexity index is 921. The van der Waals surface area contributed by atoms with Crippen LogP contribution >= 0.6 is 0 Å². The van der Waals surface area contributed by atoms with E-state index in [2.05, 4.69) is 4.98 Å². The van der Waals surface area contributed by atoms with Crippen LogP contribution < -0.4 is 9.47 Å². The van der Waals surface area contributed by atoms with Gasteiger partial charge in [0.05, 0.1) is 13.3 Å². The van der Waals surface area contributed by atoms with E-state index in [-0.39, 0.29) is 6.61 Å². The molecule has 0 saturated carbocycles. The van der Waals surface area contributed by atoms with Crippen LogP contribution in [0.25, 0.3) is 16.8 Å². The van der Waals surface area contributed by atoms with E-state index in [4.69, 9.17) is 14.2 Å². The minimum Gasteiger partial charge on any atom is -0.495 e. The monoisotopic (exact) mass is 349 g/mol. The molecule has 0 amide bonds. The summed E-state index contributed by atoms with van der Waals surface area (Å²) in [7, 11) is 1.56. The normalized spacial score (nSPS) is 10.8. The fraction of sp³-hybridized carbons (Fsp3) is 0.143. The summed E-state index contributed by atoms with van der Waals surface area (Å²) in [6, 6.07) is 15.7. The summed E-state index contributed by atoms with van der Waals surface area (Å²) in [6.45, 7) is 0.463. The summed E-state index contributed by atoms with van der Waals surface area (Å²) in [5.74, 6) is 0.942. The second-order valence-corrected chi connectivity index (χ2v) is 5.52. The number of methoxy groups -OCH3 is 1. The Morgan fingerprint density at radius 1 is 1.00 bits per heavy atom. The minimum atomic E-state index is -0.435. The summed E-state index contributed by atoms with van der Waals surface area (Å²) in [6.07, 6.45) is 6.21. The molecule has 0 bridgehead atoms. The van der Waals surface area contributed by atoms with Gasteiger partial charge < -0.3 is 14.2 Å². The van der Waals surface area contributed by atoms with Gasteiger partial charge in [0.1, 0.15) is 24.7 Å². The third-order valence-electron chi connectivity index (χ3n) is 3.70. The van der Waals surface area contributed by atoms with Crippen molar-refractivity contribution in [2.75, 3.05) is 20.3 Å². The molecule has 3 aromatic rings. The van der Waals surface area contributed by atoms with E-state index in [9.17, 15) is 4.79 Å². The second-order valence-electron chi connectivity index (χ2n) is 5.52. The van der Waals surface area contributed by atoms with Crippen molar-refractivity contribution in [2.45, 2.75) is 0 Å². The molecule has 0 aliphatic heterocycles. The summed E-state index contributed by atoms with van der Waals surface area (Å²) in [4.78, 5) is 15.8. The van der Waals surface area contributed by atoms with Gasteiger partial charge in [-0.3, -0.25) is 4.98 Å². The number of nitrogens with zero attached hydrogens (tertiary/aromatic N) is 1. The van der Waals surface area contributed by atoms with E-state index >= 15 is 0 Å². The van der Waals surface area contributed by atoms with Gasteiger partial charge in [0.2, 0.25) is 0 Å². The molecule has 5 heteroatoms. The quantitative estimate of drug-likeness (QED) is 0.368. The molecule has 0 unspecified atom stereocenters. The lowest BCUT2D eigenvalue weighted by atomic mass is 10.1. The van der Waals surface area contributed by atoms with Gasteiger partial charge in [-0.1, -0.05) is 30.3 Å². The maximum atomic E-state index is 11.7. The number of benzene rings is 2. The first-order valence-electron chi connectivity index (χ1n) is 8.20. The van der Waals surface area contributed by atoms with Crippen LogP contribution in [0.3, 0.4) is 0 Å². The molecule has 1 aromatic heterocycles. The number of aromatic nitrogens is 1. The van der Waals surface area contributed by atoms with Crippen molar-refractivity contribution in [1.29, 1.82) is 0 Å². The molecule has 0 saturated heterocycles. The van der Waals surface area contributed by atoms with Crippen LogP contribution in [0.2, 0.25) is 0 Å². The fourth-order valence-corrected chi connectivity index (χ4v) is 2.41. The summed E-state index contributed by atoms with van der Waals surface area (Å²) in [5, 5.41) is 2.26. The topological polar surface area (TPSA) is 57.7 Å². The van der Waals surface area contributed by atoms with Gasteiger partial charge in [-0.05, 0) is 40.6 Å². The van der Waals surface area contributed by atoms with Crippen molar-refractivity contribution < 1.29 is 19.0 Å². The molecular weight excluding hydrogens is 330 g/mol. The lowest BCUT2D eigenvalue weighted by Gasteiger charge is -2.07. The third kappa shape index (κ3) is 4.83. The molecule has 0 fully saturated rings. The Labute approximate surface area is 151 Å². The van der Waals surface area contributed by atoms with Crippen molar-refractivity contribution in [1.82, 2.24) is 4.98 Å². The van der Waals surface area contributed by atoms with Crippen LogP contribution in [0.5, 0.6) is 11.5 Å². The van der Waals surface area contributed by atoms with Crippen LogP contribution in [0.1, 0.15) is 5.56 Å². The molecule has 0 aliphatic rings. The molecule has 0 atom stereocenters. The number of pyridine rings is 1. The van der Waals surface area contributed by atoms with E-state index in [0.717, 1.165) is 22.1 Å². The highest BCUT2D eigenvalue weighted by Crippen LogP contribution is 2.20. The first-order chi connectivity index (χ1) is 12.7. The standard InChI is InChI=1S/C21H19NO4/c1-24-20-12-16(14-22-15-20)6-9-21(23)26-11-10-25-19-8-7-17-4-2-3-5-18(17)13-19/h2-9,12-15H,10-11H2,1H3/b9-6+. The Morgan fingerprint density at radius 2 is 1.85 bits per heavy atom. The highest BCUT2D eigenvalue weighted by molar-refractivity contribution is 5.87. The van der Waals surface area contributed by atoms with E-state index < -0.39 is 5.97 Å². The van der Waals surface area contributed by atoms with Crippen molar-refractivity contribution in [3.8, 4) is 11.5 Å². The zero-order valence-electron chi connectivity index (χ0n) is 14.4. The van der Waals surface area contributed by atoms with E-state index in [0.29, 0.717) is 12.4 Å². The van der Waals surface area contributed by atoms with Crippen LogP contribution in [0, 0.1) is 0 Å². The Hall–Kier alpha value is -3.34. The third-order valence-corrected chi connectivity index (χ3v) is 3.70. The number of carbonyl (C=O) groups is 1. The highest BCUT2D eigenvalue weighted by atomic mass is 16.6. The minimum absolute atomic E-state index is 0.173. The molecule has 0 spiro atoms. The molecule has 132 valence electrons. The van der Waals surface area contributed by atoms with Crippen LogP contribution in [-0.2, 0) is 9.53 Å². The predicted molar refractivity (Wildman–Crippen MR) is 100 cm³/mol. The van der Waals surface area contributed by atoms with Gasteiger partial charge in [-0.15, -0.1) is 0 Å². The number of rotatable bonds is 7. The van der Waals surface area contributed by atoms with Gasteiger partial charge in [0, 0.05) is 12.3 Å². The van der Waals surface area contributed by atoms with E-state index in [1.807, 2.05) is 42.5 Å². The smallest absolute Gasteiger partial charge is 0.330 e. The van der Waals surface area contributed by atoms with Crippen LogP contribution in [0.4, 0.5) is 0 Å². The first-order valence-corrected chi connectivity index (χ1v) is 8.20. The molecule has 5 nitrogen and oxygen atoms in total. The van der Waals surface area contributed by atoms with Gasteiger partial charge in [0.25, 0.3) is 0 Å². The second kappa shape index (κ2) is 8.67. The van der Waals surface area contributed by atoms with Gasteiger partial charge in [-0.2, -0.15) is 0 Å². The molecule has 0 radical (unpaired) electrons. The molecule has 0 N–H and O–H groups in total. The first kappa shape index (κ1) is 17.5. The molecular formula is C21H19NO4. The number of hydrogen-bond acceptors (Lipinski definition) is 5. The highest BCUT2D eigenvalue weighted by Gasteiger charge is 2.00. The van der Waals surface area contributed by atoms with Crippen molar-refractivity contribution in [2.24, 2.45) is 0 Å². The zero-order valence-corrected chi connectivity index (χ0v) is 14.4. The number of fused-ring (bicyclic) bond motifs is 1. The summed E-state index contributed by atoms with van der Waals surface area (Å²) >= 11 is 0. The zero-order chi connectivity index (χ0) is 18.2. The molecule has 1 heterocycles. The number of hydrogen-bond donors (Lipinski definition) is 0. The van der Waals surface area contributed by atoms with Crippen molar-refractivity contribution >= 4 is 22.8 Å². The van der Waals surface area contributed by atoms with Crippen LogP contribution in [-0.4, -0.2) is 31.3 Å². The lowest BCUT2D eigenvalue weighted by Crippen LogP contribution is -2.10. The number of carbonyl (C=O) groups excluding carboxylic acids is 1. The summed E-state index contributed by atoms with van der Waals surface area (Å²) < 4.78 is 15.8. The molecule has 26 heavy (non-hydrogen) atoms. The maximum Gasteiger partial charge on any atom is 0.330 e. The SMILES string of the molecule is COc1cncc(/C=C/C(=O)OCCOc2ccc3ccccc3c2)c1. The molecule has 2 aromatic carbocycles. The van der Waals surface area contributed by atoms with Crippen molar-refractivity contribution in [3.63, 3.8) is 0 Å². The van der Waals surface area contributed by atoms with Gasteiger partial charge in [0.15, 0.2) is 0 Å². The maximum absolute atomic E-state index is 11.7. The average molecular weight is 349 g/mol. The fourth-order valence-electron chi connectivity index (χ4n) is 2.41. The lowest BCUT2D eigenvalue weighted by molar-refractivity contribution is -0.138. The van der Waals surface area contributed by atoms with Crippen LogP contribution in [0.15, 0.2) is 67.0 Å². The molecule has 3 rings (SSSR count). The Morgan fingerprint density at radius 3 is 2.69 bits per heavy atom.